The third-order valence-electron chi connectivity index (χ3n) is 4.99. The molecule has 9 nitrogen and oxygen atoms in total. The molecule has 0 aromatic rings. The zero-order valence-corrected chi connectivity index (χ0v) is 23.1. The third-order valence-corrected chi connectivity index (χ3v) is 5.97. The van der Waals surface area contributed by atoms with Crippen molar-refractivity contribution in [2.45, 2.75) is 83.7 Å². The van der Waals surface area contributed by atoms with Crippen LogP contribution in [-0.2, 0) is 32.7 Å². The van der Waals surface area contributed by atoms with Crippen LogP contribution in [-0.4, -0.2) is 74.9 Å². The predicted octanol–water partition coefficient (Wildman–Crippen LogP) is 4.98. The Hall–Kier alpha value is -1.25. The summed E-state index contributed by atoms with van der Waals surface area (Å²) < 4.78 is 33.3. The van der Waals surface area contributed by atoms with E-state index in [2.05, 4.69) is 19.1 Å². The maximum Gasteiger partial charge on any atom is 0.472 e. The van der Waals surface area contributed by atoms with Crippen molar-refractivity contribution >= 4 is 19.8 Å². The van der Waals surface area contributed by atoms with Crippen LogP contribution < -0.4 is 0 Å². The number of hydrogen-bond donors (Lipinski definition) is 1. The number of ether oxygens (including phenoxy) is 2. The van der Waals surface area contributed by atoms with E-state index in [9.17, 15) is 19.0 Å². The highest BCUT2D eigenvalue weighted by Crippen LogP contribution is 2.43. The van der Waals surface area contributed by atoms with Gasteiger partial charge < -0.3 is 25.8 Å². The zero-order chi connectivity index (χ0) is 26.6. The fourth-order valence-electron chi connectivity index (χ4n) is 2.88. The van der Waals surface area contributed by atoms with Gasteiger partial charge in [0.05, 0.1) is 27.7 Å². The molecule has 0 amide bonds. The number of phosphoric ester groups is 1. The van der Waals surface area contributed by atoms with Crippen molar-refractivity contribution in [3.63, 3.8) is 0 Å². The van der Waals surface area contributed by atoms with Crippen LogP contribution in [0.5, 0.6) is 0 Å². The van der Waals surface area contributed by atoms with E-state index < -0.39 is 32.5 Å². The number of carbonyl (C=O) groups is 2. The minimum Gasteiger partial charge on any atom is -0.462 e. The van der Waals surface area contributed by atoms with Crippen molar-refractivity contribution in [2.24, 2.45) is 0 Å². The van der Waals surface area contributed by atoms with Crippen molar-refractivity contribution in [3.05, 3.63) is 19.1 Å². The van der Waals surface area contributed by atoms with Gasteiger partial charge >= 0.3 is 19.8 Å². The number of likely N-dealkylation sites (N-methyl/N-ethyl adjacent to an activating group) is 1. The summed E-state index contributed by atoms with van der Waals surface area (Å²) in [5.74, 6) is -0.871. The Balaban J connectivity index is 4.52. The fraction of sp³-hybridized carbons (Fsp3) is 0.800. The van der Waals surface area contributed by atoms with Gasteiger partial charge in [-0.2, -0.15) is 6.42 Å². The number of rotatable bonds is 22. The Morgan fingerprint density at radius 2 is 1.60 bits per heavy atom. The molecule has 0 aliphatic rings. The molecule has 0 aromatic carbocycles. The summed E-state index contributed by atoms with van der Waals surface area (Å²) in [4.78, 5) is 34.1. The number of carbonyl (C=O) groups excluding carboxylic acids is 2. The highest BCUT2D eigenvalue weighted by atomic mass is 31.2. The second-order valence-corrected chi connectivity index (χ2v) is 11.0. The van der Waals surface area contributed by atoms with Crippen LogP contribution in [0.15, 0.2) is 12.2 Å². The second-order valence-electron chi connectivity index (χ2n) is 9.58. The summed E-state index contributed by atoms with van der Waals surface area (Å²) in [6, 6.07) is 0. The van der Waals surface area contributed by atoms with Gasteiger partial charge in [-0.3, -0.25) is 18.6 Å². The molecule has 0 saturated carbocycles. The summed E-state index contributed by atoms with van der Waals surface area (Å²) in [5.41, 5.74) is 0. The number of phosphoric acid groups is 1. The Bertz CT molecular complexity index is 648. The first-order valence-electron chi connectivity index (χ1n) is 12.7. The molecule has 35 heavy (non-hydrogen) atoms. The molecule has 10 heteroatoms. The Kier molecular flexibility index (Phi) is 19.2. The maximum atomic E-state index is 12.3. The monoisotopic (exact) mass is 521 g/mol. The van der Waals surface area contributed by atoms with Gasteiger partial charge in [-0.15, -0.1) is 6.08 Å². The van der Waals surface area contributed by atoms with Gasteiger partial charge in [0.25, 0.3) is 0 Å². The van der Waals surface area contributed by atoms with E-state index in [0.717, 1.165) is 44.9 Å². The van der Waals surface area contributed by atoms with Crippen LogP contribution in [0.25, 0.3) is 0 Å². The smallest absolute Gasteiger partial charge is 0.462 e. The molecule has 0 saturated heterocycles. The van der Waals surface area contributed by atoms with E-state index in [1.54, 1.807) is 0 Å². The number of unbranched alkanes of at least 4 members (excludes halogenated alkanes) is 6. The summed E-state index contributed by atoms with van der Waals surface area (Å²) in [6.45, 7) is 5.61. The molecule has 0 aliphatic heterocycles. The summed E-state index contributed by atoms with van der Waals surface area (Å²) in [5, 5.41) is 0. The molecular formula is C25H48NO8P. The first-order valence-corrected chi connectivity index (χ1v) is 14.2. The summed E-state index contributed by atoms with van der Waals surface area (Å²) in [6.07, 6.45) is 11.9. The lowest BCUT2D eigenvalue weighted by atomic mass is 10.1. The fourth-order valence-corrected chi connectivity index (χ4v) is 3.62. The van der Waals surface area contributed by atoms with Crippen molar-refractivity contribution in [3.8, 4) is 0 Å². The van der Waals surface area contributed by atoms with Crippen molar-refractivity contribution in [1.82, 2.24) is 0 Å². The van der Waals surface area contributed by atoms with Crippen molar-refractivity contribution in [2.75, 3.05) is 47.5 Å². The third kappa shape index (κ3) is 22.9. The Morgan fingerprint density at radius 1 is 0.943 bits per heavy atom. The first-order chi connectivity index (χ1) is 16.5. The molecule has 0 aromatic heterocycles. The molecule has 0 bridgehead atoms. The van der Waals surface area contributed by atoms with Crippen LogP contribution in [0.1, 0.15) is 77.6 Å². The molecule has 0 aliphatic carbocycles. The minimum absolute atomic E-state index is 0.0276. The van der Waals surface area contributed by atoms with Gasteiger partial charge in [-0.25, -0.2) is 4.57 Å². The largest absolute Gasteiger partial charge is 0.472 e. The Morgan fingerprint density at radius 3 is 2.26 bits per heavy atom. The van der Waals surface area contributed by atoms with E-state index in [-0.39, 0.29) is 26.1 Å². The van der Waals surface area contributed by atoms with E-state index in [1.165, 1.54) is 0 Å². The molecule has 0 fully saturated rings. The van der Waals surface area contributed by atoms with Crippen molar-refractivity contribution < 1.29 is 42.1 Å². The van der Waals surface area contributed by atoms with Crippen LogP contribution >= 0.6 is 7.82 Å². The lowest BCUT2D eigenvalue weighted by molar-refractivity contribution is -0.870. The molecule has 1 unspecified atom stereocenters. The quantitative estimate of drug-likeness (QED) is 0.0531. The number of quaternary nitrogens is 1. The van der Waals surface area contributed by atoms with Gasteiger partial charge in [0.2, 0.25) is 0 Å². The lowest BCUT2D eigenvalue weighted by Crippen LogP contribution is -2.37. The van der Waals surface area contributed by atoms with Gasteiger partial charge in [-0.1, -0.05) is 38.7 Å². The number of hydrogen-bond acceptors (Lipinski definition) is 7. The number of esters is 2. The lowest BCUT2D eigenvalue weighted by Gasteiger charge is -2.24. The van der Waals surface area contributed by atoms with Crippen LogP contribution in [0, 0.1) is 6.92 Å². The molecule has 1 N–H and O–H groups in total. The summed E-state index contributed by atoms with van der Waals surface area (Å²) >= 11 is 0. The number of allylic oxidation sites excluding steroid dienone is 2. The average molecular weight is 522 g/mol. The van der Waals surface area contributed by atoms with E-state index in [1.807, 2.05) is 28.1 Å². The molecule has 0 radical (unpaired) electrons. The van der Waals surface area contributed by atoms with Gasteiger partial charge in [-0.05, 0) is 25.7 Å². The average Bonchev–Trinajstić information content (AvgIpc) is 2.77. The normalized spacial score (nSPS) is 14.6. The first kappa shape index (κ1) is 33.8. The molecule has 206 valence electrons. The second kappa shape index (κ2) is 19.9. The van der Waals surface area contributed by atoms with Crippen molar-refractivity contribution in [1.29, 1.82) is 0 Å². The van der Waals surface area contributed by atoms with Gasteiger partial charge in [0, 0.05) is 12.8 Å². The van der Waals surface area contributed by atoms with Crippen LogP contribution in [0.3, 0.4) is 0 Å². The predicted molar refractivity (Wildman–Crippen MR) is 136 cm³/mol. The SMILES string of the molecule is [CH2-]C/C=C\CCCCCCCC(=O)O[C@@H](COC(=O)CCCC)COP(=O)(O)OCC[N+](C)(C)C. The van der Waals surface area contributed by atoms with Gasteiger partial charge in [0.1, 0.15) is 19.8 Å². The maximum absolute atomic E-state index is 12.3. The summed E-state index contributed by atoms with van der Waals surface area (Å²) in [7, 11) is 1.45. The van der Waals surface area contributed by atoms with Crippen LogP contribution in [0.2, 0.25) is 0 Å². The van der Waals surface area contributed by atoms with Crippen LogP contribution in [0.4, 0.5) is 0 Å². The molecule has 2 atom stereocenters. The van der Waals surface area contributed by atoms with E-state index in [4.69, 9.17) is 18.5 Å². The van der Waals surface area contributed by atoms with E-state index >= 15 is 0 Å². The molecule has 0 rings (SSSR count). The van der Waals surface area contributed by atoms with E-state index in [0.29, 0.717) is 23.9 Å². The topological polar surface area (TPSA) is 108 Å². The standard InChI is InChI=1S/C25H48NO8P/c1-6-8-10-11-12-13-14-15-16-18-25(28)34-23(21-31-24(27)17-9-7-2)22-33-35(29,30)32-20-19-26(3,4)5/h8,10,23H,1,6-7,9,11-22H2,2-5H3,(H,29,30)/b10-8-/t23-/m0/s1. The molecule has 0 spiro atoms. The van der Waals surface area contributed by atoms with Gasteiger partial charge in [0.15, 0.2) is 6.10 Å². The molecule has 0 heterocycles. The zero-order valence-electron chi connectivity index (χ0n) is 22.2. The molecular weight excluding hydrogens is 473 g/mol. The minimum atomic E-state index is -4.34. The highest BCUT2D eigenvalue weighted by Gasteiger charge is 2.26. The Labute approximate surface area is 212 Å². The number of nitrogens with zero attached hydrogens (tertiary/aromatic N) is 1. The highest BCUT2D eigenvalue weighted by molar-refractivity contribution is 7.47.